The molecule has 0 saturated carbocycles. The van der Waals surface area contributed by atoms with Gasteiger partial charge in [-0.3, -0.25) is 9.59 Å². The number of rotatable bonds is 2. The molecule has 0 bridgehead atoms. The van der Waals surface area contributed by atoms with Crippen molar-refractivity contribution in [2.24, 2.45) is 0 Å². The van der Waals surface area contributed by atoms with Gasteiger partial charge in [-0.1, -0.05) is 28.1 Å². The number of nitrogens with zero attached hydrogens (tertiary/aromatic N) is 2. The Morgan fingerprint density at radius 2 is 1.80 bits per heavy atom. The van der Waals surface area contributed by atoms with Crippen LogP contribution in [0.15, 0.2) is 28.7 Å². The topological polar surface area (TPSA) is 64.0 Å². The van der Waals surface area contributed by atoms with Gasteiger partial charge < -0.3 is 5.32 Å². The number of halogens is 1. The van der Waals surface area contributed by atoms with Crippen LogP contribution in [0.1, 0.15) is 24.3 Å². The Balaban J connectivity index is 2.61. The SMILES string of the molecule is CC(=O)Nc1c(-c2ccc(Br)cc2)nn(C(C)=O)c1C. The summed E-state index contributed by atoms with van der Waals surface area (Å²) in [5.74, 6) is -0.396. The summed E-state index contributed by atoms with van der Waals surface area (Å²) in [4.78, 5) is 22.9. The molecule has 1 amide bonds. The van der Waals surface area contributed by atoms with Gasteiger partial charge in [-0.25, -0.2) is 4.68 Å². The average Bonchev–Trinajstić information content (AvgIpc) is 2.68. The molecule has 0 saturated heterocycles. The Hall–Kier alpha value is -1.95. The van der Waals surface area contributed by atoms with Crippen molar-refractivity contribution in [3.8, 4) is 11.3 Å². The minimum absolute atomic E-state index is 0.197. The van der Waals surface area contributed by atoms with Gasteiger partial charge in [0.1, 0.15) is 5.69 Å². The molecule has 6 heteroatoms. The van der Waals surface area contributed by atoms with Crippen LogP contribution in [0, 0.1) is 6.92 Å². The first-order chi connectivity index (χ1) is 9.40. The molecule has 1 aromatic carbocycles. The first kappa shape index (κ1) is 14.5. The summed E-state index contributed by atoms with van der Waals surface area (Å²) in [5.41, 5.74) is 2.60. The van der Waals surface area contributed by atoms with Gasteiger partial charge in [-0.05, 0) is 19.1 Å². The highest BCUT2D eigenvalue weighted by atomic mass is 79.9. The molecular formula is C14H14BrN3O2. The van der Waals surface area contributed by atoms with Gasteiger partial charge >= 0.3 is 0 Å². The van der Waals surface area contributed by atoms with Gasteiger partial charge in [-0.2, -0.15) is 5.10 Å². The maximum Gasteiger partial charge on any atom is 0.244 e. The molecule has 1 aromatic heterocycles. The first-order valence-electron chi connectivity index (χ1n) is 6.04. The molecule has 1 N–H and O–H groups in total. The van der Waals surface area contributed by atoms with Crippen molar-refractivity contribution in [1.29, 1.82) is 0 Å². The van der Waals surface area contributed by atoms with E-state index in [4.69, 9.17) is 0 Å². The number of carbonyl (C=O) groups excluding carboxylic acids is 2. The third-order valence-corrected chi connectivity index (χ3v) is 3.36. The second-order valence-corrected chi connectivity index (χ2v) is 5.34. The van der Waals surface area contributed by atoms with Crippen LogP contribution in [0.2, 0.25) is 0 Å². The summed E-state index contributed by atoms with van der Waals surface area (Å²) in [6.45, 7) is 4.61. The van der Waals surface area contributed by atoms with Crippen molar-refractivity contribution in [3.63, 3.8) is 0 Å². The zero-order chi connectivity index (χ0) is 14.9. The lowest BCUT2D eigenvalue weighted by atomic mass is 10.1. The van der Waals surface area contributed by atoms with Crippen LogP contribution in [-0.4, -0.2) is 21.6 Å². The third-order valence-electron chi connectivity index (χ3n) is 2.83. The minimum atomic E-state index is -0.199. The molecule has 0 fully saturated rings. The quantitative estimate of drug-likeness (QED) is 0.916. The average molecular weight is 336 g/mol. The normalized spacial score (nSPS) is 10.4. The molecular weight excluding hydrogens is 322 g/mol. The number of hydrogen-bond acceptors (Lipinski definition) is 3. The van der Waals surface area contributed by atoms with Crippen LogP contribution in [0.5, 0.6) is 0 Å². The molecule has 0 atom stereocenters. The summed E-state index contributed by atoms with van der Waals surface area (Å²) >= 11 is 3.37. The zero-order valence-corrected chi connectivity index (χ0v) is 13.0. The van der Waals surface area contributed by atoms with Crippen molar-refractivity contribution in [3.05, 3.63) is 34.4 Å². The second kappa shape index (κ2) is 5.58. The molecule has 0 spiro atoms. The first-order valence-corrected chi connectivity index (χ1v) is 6.83. The van der Waals surface area contributed by atoms with E-state index in [1.165, 1.54) is 18.5 Å². The van der Waals surface area contributed by atoms with Crippen LogP contribution in [0.25, 0.3) is 11.3 Å². The van der Waals surface area contributed by atoms with E-state index in [0.29, 0.717) is 17.1 Å². The molecule has 5 nitrogen and oxygen atoms in total. The molecule has 1 heterocycles. The van der Waals surface area contributed by atoms with Crippen LogP contribution >= 0.6 is 15.9 Å². The largest absolute Gasteiger partial charge is 0.323 e. The van der Waals surface area contributed by atoms with Crippen LogP contribution in [0.4, 0.5) is 5.69 Å². The van der Waals surface area contributed by atoms with Gasteiger partial charge in [0.2, 0.25) is 11.8 Å². The van der Waals surface area contributed by atoms with Crippen molar-refractivity contribution in [2.45, 2.75) is 20.8 Å². The lowest BCUT2D eigenvalue weighted by Crippen LogP contribution is -2.11. The Morgan fingerprint density at radius 3 is 2.30 bits per heavy atom. The van der Waals surface area contributed by atoms with E-state index in [2.05, 4.69) is 26.3 Å². The number of amides is 1. The molecule has 104 valence electrons. The Morgan fingerprint density at radius 1 is 1.20 bits per heavy atom. The molecule has 0 aliphatic carbocycles. The molecule has 0 radical (unpaired) electrons. The fraction of sp³-hybridized carbons (Fsp3) is 0.214. The summed E-state index contributed by atoms with van der Waals surface area (Å²) in [5, 5.41) is 7.04. The van der Waals surface area contributed by atoms with Crippen LogP contribution in [-0.2, 0) is 4.79 Å². The Bertz CT molecular complexity index is 674. The van der Waals surface area contributed by atoms with Crippen LogP contribution < -0.4 is 5.32 Å². The fourth-order valence-corrected chi connectivity index (χ4v) is 2.21. The lowest BCUT2D eigenvalue weighted by Gasteiger charge is -2.04. The number of nitrogens with one attached hydrogen (secondary N) is 1. The Labute approximate surface area is 125 Å². The van der Waals surface area contributed by atoms with Crippen LogP contribution in [0.3, 0.4) is 0 Å². The molecule has 2 rings (SSSR count). The molecule has 2 aromatic rings. The van der Waals surface area contributed by atoms with E-state index in [1.54, 1.807) is 6.92 Å². The molecule has 0 aliphatic rings. The smallest absolute Gasteiger partial charge is 0.244 e. The van der Waals surface area contributed by atoms with E-state index in [9.17, 15) is 9.59 Å². The highest BCUT2D eigenvalue weighted by Crippen LogP contribution is 2.30. The van der Waals surface area contributed by atoms with E-state index < -0.39 is 0 Å². The van der Waals surface area contributed by atoms with Crippen molar-refractivity contribution < 1.29 is 9.59 Å². The number of benzene rings is 1. The number of anilines is 1. The number of aromatic nitrogens is 2. The monoisotopic (exact) mass is 335 g/mol. The summed E-state index contributed by atoms with van der Waals surface area (Å²) < 4.78 is 2.24. The summed E-state index contributed by atoms with van der Waals surface area (Å²) in [7, 11) is 0. The van der Waals surface area contributed by atoms with Crippen molar-refractivity contribution in [2.75, 3.05) is 5.32 Å². The van der Waals surface area contributed by atoms with E-state index in [1.807, 2.05) is 24.3 Å². The number of hydrogen-bond donors (Lipinski definition) is 1. The molecule has 0 unspecified atom stereocenters. The van der Waals surface area contributed by atoms with Gasteiger partial charge in [0.25, 0.3) is 0 Å². The minimum Gasteiger partial charge on any atom is -0.323 e. The third kappa shape index (κ3) is 2.80. The number of carbonyl (C=O) groups is 2. The van der Waals surface area contributed by atoms with E-state index in [-0.39, 0.29) is 11.8 Å². The highest BCUT2D eigenvalue weighted by Gasteiger charge is 2.19. The zero-order valence-electron chi connectivity index (χ0n) is 11.4. The predicted octanol–water partition coefficient (Wildman–Crippen LogP) is 3.24. The second-order valence-electron chi connectivity index (χ2n) is 4.43. The van der Waals surface area contributed by atoms with E-state index in [0.717, 1.165) is 10.0 Å². The summed E-state index contributed by atoms with van der Waals surface area (Å²) in [6.07, 6.45) is 0. The van der Waals surface area contributed by atoms with Gasteiger partial charge in [-0.15, -0.1) is 0 Å². The highest BCUT2D eigenvalue weighted by molar-refractivity contribution is 9.10. The fourth-order valence-electron chi connectivity index (χ4n) is 1.94. The predicted molar refractivity (Wildman–Crippen MR) is 80.7 cm³/mol. The lowest BCUT2D eigenvalue weighted by molar-refractivity contribution is -0.114. The van der Waals surface area contributed by atoms with Crippen molar-refractivity contribution in [1.82, 2.24) is 9.78 Å². The Kier molecular flexibility index (Phi) is 4.04. The van der Waals surface area contributed by atoms with Crippen molar-refractivity contribution >= 4 is 33.4 Å². The van der Waals surface area contributed by atoms with Gasteiger partial charge in [0, 0.05) is 23.9 Å². The van der Waals surface area contributed by atoms with E-state index >= 15 is 0 Å². The molecule has 20 heavy (non-hydrogen) atoms. The van der Waals surface area contributed by atoms with Gasteiger partial charge in [0.05, 0.1) is 11.4 Å². The standard InChI is InChI=1S/C14H14BrN3O2/c1-8-13(16-9(2)19)14(17-18(8)10(3)20)11-4-6-12(15)7-5-11/h4-7H,1-3H3,(H,16,19). The van der Waals surface area contributed by atoms with Gasteiger partial charge in [0.15, 0.2) is 0 Å². The maximum atomic E-state index is 11.6. The summed E-state index contributed by atoms with van der Waals surface area (Å²) in [6, 6.07) is 7.52. The molecule has 0 aliphatic heterocycles. The maximum absolute atomic E-state index is 11.6.